The molecule has 2 fully saturated rings. The highest BCUT2D eigenvalue weighted by molar-refractivity contribution is 7.92. The van der Waals surface area contributed by atoms with Gasteiger partial charge in [0.2, 0.25) is 5.91 Å². The van der Waals surface area contributed by atoms with E-state index in [1.54, 1.807) is 19.1 Å². The summed E-state index contributed by atoms with van der Waals surface area (Å²) in [6.07, 6.45) is 7.80. The molecule has 1 aliphatic heterocycles. The molecule has 3 aromatic rings. The Kier molecular flexibility index (Phi) is 7.29. The molecule has 3 atom stereocenters. The van der Waals surface area contributed by atoms with E-state index < -0.39 is 15.8 Å². The molecule has 1 aromatic heterocycles. The molecule has 8 heteroatoms. The summed E-state index contributed by atoms with van der Waals surface area (Å²) in [5.41, 5.74) is 3.24. The number of hydrogen-bond acceptors (Lipinski definition) is 3. The molecule has 2 aliphatic rings. The number of sulfonamides is 1. The predicted molar refractivity (Wildman–Crippen MR) is 149 cm³/mol. The first-order valence-electron chi connectivity index (χ1n) is 13.7. The monoisotopic (exact) mass is 539 g/mol. The van der Waals surface area contributed by atoms with E-state index in [-0.39, 0.29) is 22.6 Å². The van der Waals surface area contributed by atoms with E-state index in [0.717, 1.165) is 48.8 Å². The van der Waals surface area contributed by atoms with Crippen LogP contribution in [0.3, 0.4) is 0 Å². The number of carbonyl (C=O) groups excluding carboxylic acids is 1. The third-order valence-corrected chi connectivity index (χ3v) is 10.2. The van der Waals surface area contributed by atoms with Crippen molar-refractivity contribution in [3.8, 4) is 0 Å². The van der Waals surface area contributed by atoms with Crippen LogP contribution < -0.4 is 4.72 Å². The fourth-order valence-electron chi connectivity index (χ4n) is 6.56. The predicted octanol–water partition coefficient (Wildman–Crippen LogP) is 6.20. The van der Waals surface area contributed by atoms with Gasteiger partial charge in [-0.15, -0.1) is 0 Å². The molecule has 204 valence electrons. The van der Waals surface area contributed by atoms with Crippen molar-refractivity contribution in [3.05, 3.63) is 59.5 Å². The van der Waals surface area contributed by atoms with Gasteiger partial charge in [0.1, 0.15) is 10.7 Å². The van der Waals surface area contributed by atoms with Crippen LogP contribution >= 0.6 is 0 Å². The van der Waals surface area contributed by atoms with Crippen molar-refractivity contribution in [2.45, 2.75) is 63.7 Å². The zero-order valence-electron chi connectivity index (χ0n) is 22.7. The molecule has 2 aromatic carbocycles. The minimum atomic E-state index is -4.08. The van der Waals surface area contributed by atoms with E-state index in [9.17, 15) is 17.6 Å². The smallest absolute Gasteiger partial charge is 0.264 e. The highest BCUT2D eigenvalue weighted by Crippen LogP contribution is 2.40. The number of carbonyl (C=O) groups is 1. The number of fused-ring (bicyclic) bond motifs is 1. The summed E-state index contributed by atoms with van der Waals surface area (Å²) in [6.45, 7) is 7.51. The second-order valence-electron chi connectivity index (χ2n) is 11.5. The lowest BCUT2D eigenvalue weighted by Crippen LogP contribution is -2.45. The van der Waals surface area contributed by atoms with Gasteiger partial charge in [-0.2, -0.15) is 0 Å². The Morgan fingerprint density at radius 2 is 1.84 bits per heavy atom. The first-order chi connectivity index (χ1) is 18.0. The molecule has 38 heavy (non-hydrogen) atoms. The molecule has 0 unspecified atom stereocenters. The summed E-state index contributed by atoms with van der Waals surface area (Å²) in [5, 5.41) is 0.980. The zero-order chi connectivity index (χ0) is 27.2. The van der Waals surface area contributed by atoms with Gasteiger partial charge >= 0.3 is 0 Å². The van der Waals surface area contributed by atoms with Crippen molar-refractivity contribution < 1.29 is 17.6 Å². The number of aryl methyl sites for hydroxylation is 2. The number of nitrogens with one attached hydrogen (secondary N) is 1. The Hall–Kier alpha value is -2.87. The summed E-state index contributed by atoms with van der Waals surface area (Å²) in [6, 6.07) is 9.53. The van der Waals surface area contributed by atoms with Crippen LogP contribution in [0.1, 0.15) is 63.0 Å². The summed E-state index contributed by atoms with van der Waals surface area (Å²) in [4.78, 5) is 15.0. The average Bonchev–Trinajstić information content (AvgIpc) is 3.53. The summed E-state index contributed by atoms with van der Waals surface area (Å²) in [7, 11) is -2.09. The van der Waals surface area contributed by atoms with Gasteiger partial charge in [-0.05, 0) is 85.4 Å². The number of anilines is 1. The highest BCUT2D eigenvalue weighted by Gasteiger charge is 2.35. The molecule has 1 N–H and O–H groups in total. The second-order valence-corrected chi connectivity index (χ2v) is 13.1. The van der Waals surface area contributed by atoms with Gasteiger partial charge < -0.3 is 9.47 Å². The number of likely N-dealkylation sites (tertiary alicyclic amines) is 1. The lowest BCUT2D eigenvalue weighted by atomic mass is 9.80. The fraction of sp³-hybridized carbons (Fsp3) is 0.500. The molecular formula is C30H38FN3O3S. The number of nitrogens with zero attached hydrogens (tertiary/aromatic N) is 2. The van der Waals surface area contributed by atoms with Crippen LogP contribution in [0.15, 0.2) is 47.5 Å². The van der Waals surface area contributed by atoms with Crippen LogP contribution in [0.5, 0.6) is 0 Å². The van der Waals surface area contributed by atoms with Gasteiger partial charge in [0.05, 0.1) is 0 Å². The number of rotatable bonds is 6. The van der Waals surface area contributed by atoms with Gasteiger partial charge in [-0.25, -0.2) is 12.8 Å². The molecule has 1 aliphatic carbocycles. The van der Waals surface area contributed by atoms with Crippen molar-refractivity contribution in [3.63, 3.8) is 0 Å². The van der Waals surface area contributed by atoms with Crippen LogP contribution in [0.25, 0.3) is 10.9 Å². The molecule has 1 saturated carbocycles. The van der Waals surface area contributed by atoms with Gasteiger partial charge in [0, 0.05) is 48.8 Å². The SMILES string of the molecule is Cc1ccc(F)c(S(=O)(=O)Nc2ccc3c(c2)c([C@@H]2CCN(C(=O)[C@H](C)C4CCCC4)C[C@@H]2C)cn3C)c1. The molecule has 0 radical (unpaired) electrons. The van der Waals surface area contributed by atoms with E-state index in [2.05, 4.69) is 34.2 Å². The Morgan fingerprint density at radius 1 is 1.11 bits per heavy atom. The largest absolute Gasteiger partial charge is 0.350 e. The number of aromatic nitrogens is 1. The summed E-state index contributed by atoms with van der Waals surface area (Å²) < 4.78 is 45.0. The standard InChI is InChI=1S/C30H38FN3O3S/c1-19-9-11-27(31)29(15-19)38(36,37)32-23-10-12-28-25(16-23)26(18-33(28)4)24-13-14-34(17-20(24)2)30(35)21(3)22-7-5-6-8-22/h9-12,15-16,18,20-22,24,32H,5-8,13-14,17H2,1-4H3/t20-,21+,24+/m0/s1. The molecule has 6 nitrogen and oxygen atoms in total. The maximum absolute atomic E-state index is 14.3. The summed E-state index contributed by atoms with van der Waals surface area (Å²) in [5.74, 6) is 0.653. The first-order valence-corrected chi connectivity index (χ1v) is 15.2. The van der Waals surface area contributed by atoms with Crippen molar-refractivity contribution >= 4 is 32.5 Å². The number of benzene rings is 2. The van der Waals surface area contributed by atoms with E-state index in [0.29, 0.717) is 23.1 Å². The number of halogens is 1. The van der Waals surface area contributed by atoms with Crippen molar-refractivity contribution in [1.29, 1.82) is 0 Å². The van der Waals surface area contributed by atoms with Gasteiger partial charge in [0.15, 0.2) is 0 Å². The lowest BCUT2D eigenvalue weighted by Gasteiger charge is -2.39. The maximum Gasteiger partial charge on any atom is 0.264 e. The normalized spacial score (nSPS) is 21.7. The van der Waals surface area contributed by atoms with Gasteiger partial charge in [-0.3, -0.25) is 9.52 Å². The zero-order valence-corrected chi connectivity index (χ0v) is 23.5. The number of amides is 1. The van der Waals surface area contributed by atoms with Crippen LogP contribution in [-0.4, -0.2) is 36.9 Å². The Morgan fingerprint density at radius 3 is 2.55 bits per heavy atom. The highest BCUT2D eigenvalue weighted by atomic mass is 32.2. The van der Waals surface area contributed by atoms with Gasteiger partial charge in [0.25, 0.3) is 10.0 Å². The Bertz CT molecular complexity index is 1460. The van der Waals surface area contributed by atoms with E-state index >= 15 is 0 Å². The molecule has 1 amide bonds. The lowest BCUT2D eigenvalue weighted by molar-refractivity contribution is -0.138. The number of piperidine rings is 1. The molecule has 2 heterocycles. The topological polar surface area (TPSA) is 71.4 Å². The molecular weight excluding hydrogens is 501 g/mol. The van der Waals surface area contributed by atoms with E-state index in [1.807, 2.05) is 19.2 Å². The fourth-order valence-corrected chi connectivity index (χ4v) is 7.78. The van der Waals surface area contributed by atoms with Gasteiger partial charge in [-0.1, -0.05) is 32.8 Å². The Balaban J connectivity index is 1.37. The minimum absolute atomic E-state index is 0.0904. The molecule has 0 spiro atoms. The quantitative estimate of drug-likeness (QED) is 0.405. The third-order valence-electron chi connectivity index (χ3n) is 8.76. The molecule has 5 rings (SSSR count). The second kappa shape index (κ2) is 10.4. The van der Waals surface area contributed by atoms with Crippen molar-refractivity contribution in [2.75, 3.05) is 17.8 Å². The first kappa shape index (κ1) is 26.7. The third kappa shape index (κ3) is 5.07. The maximum atomic E-state index is 14.3. The molecule has 0 bridgehead atoms. The van der Waals surface area contributed by atoms with Crippen LogP contribution in [0, 0.1) is 30.5 Å². The van der Waals surface area contributed by atoms with Crippen molar-refractivity contribution in [1.82, 2.24) is 9.47 Å². The summed E-state index contributed by atoms with van der Waals surface area (Å²) >= 11 is 0. The number of hydrogen-bond donors (Lipinski definition) is 1. The minimum Gasteiger partial charge on any atom is -0.350 e. The van der Waals surface area contributed by atoms with Crippen LogP contribution in [0.4, 0.5) is 10.1 Å². The van der Waals surface area contributed by atoms with E-state index in [1.165, 1.54) is 25.0 Å². The average molecular weight is 540 g/mol. The van der Waals surface area contributed by atoms with E-state index in [4.69, 9.17) is 0 Å². The van der Waals surface area contributed by atoms with Crippen LogP contribution in [0.2, 0.25) is 0 Å². The molecule has 1 saturated heterocycles. The van der Waals surface area contributed by atoms with Crippen molar-refractivity contribution in [2.24, 2.45) is 24.8 Å². The van der Waals surface area contributed by atoms with Crippen LogP contribution in [-0.2, 0) is 21.9 Å². The Labute approximate surface area is 225 Å².